The highest BCUT2D eigenvalue weighted by Gasteiger charge is 2.05. The largest absolute Gasteiger partial charge is 0.396 e. The van der Waals surface area contributed by atoms with E-state index in [1.165, 1.54) is 0 Å². The maximum atomic E-state index is 9.32. The van der Waals surface area contributed by atoms with Crippen molar-refractivity contribution in [2.45, 2.75) is 39.2 Å². The van der Waals surface area contributed by atoms with Gasteiger partial charge < -0.3 is 10.2 Å². The van der Waals surface area contributed by atoms with E-state index in [1.807, 2.05) is 6.08 Å². The highest BCUT2D eigenvalue weighted by molar-refractivity contribution is 4.95. The van der Waals surface area contributed by atoms with Gasteiger partial charge in [0.2, 0.25) is 0 Å². The van der Waals surface area contributed by atoms with E-state index in [0.29, 0.717) is 5.92 Å². The summed E-state index contributed by atoms with van der Waals surface area (Å²) in [5.74, 6) is 0.494. The second-order valence-corrected chi connectivity index (χ2v) is 3.91. The lowest BCUT2D eigenvalue weighted by Crippen LogP contribution is -2.13. The molecule has 72 valence electrons. The summed E-state index contributed by atoms with van der Waals surface area (Å²) in [6.45, 7) is 5.84. The van der Waals surface area contributed by atoms with Crippen LogP contribution < -0.4 is 0 Å². The average Bonchev–Trinajstić information content (AvgIpc) is 1.84. The van der Waals surface area contributed by atoms with Crippen LogP contribution in [0.3, 0.4) is 0 Å². The van der Waals surface area contributed by atoms with Crippen molar-refractivity contribution in [2.24, 2.45) is 5.92 Å². The summed E-state index contributed by atoms with van der Waals surface area (Å²) in [6.07, 6.45) is 5.52. The minimum Gasteiger partial charge on any atom is -0.396 e. The van der Waals surface area contributed by atoms with Gasteiger partial charge in [-0.25, -0.2) is 0 Å². The topological polar surface area (TPSA) is 40.5 Å². The molecule has 0 spiro atoms. The van der Waals surface area contributed by atoms with Crippen molar-refractivity contribution in [1.29, 1.82) is 0 Å². The van der Waals surface area contributed by atoms with Crippen LogP contribution in [-0.2, 0) is 0 Å². The van der Waals surface area contributed by atoms with Gasteiger partial charge in [-0.2, -0.15) is 0 Å². The maximum absolute atomic E-state index is 9.32. The lowest BCUT2D eigenvalue weighted by Gasteiger charge is -2.11. The Balaban J connectivity index is 3.60. The maximum Gasteiger partial charge on any atom is 0.0771 e. The minimum atomic E-state index is -0.709. The first kappa shape index (κ1) is 11.7. The molecule has 0 amide bonds. The van der Waals surface area contributed by atoms with Gasteiger partial charge in [-0.1, -0.05) is 19.1 Å². The van der Waals surface area contributed by atoms with Gasteiger partial charge in [-0.05, 0) is 32.6 Å². The highest BCUT2D eigenvalue weighted by Crippen LogP contribution is 2.10. The third-order valence-electron chi connectivity index (χ3n) is 1.69. The van der Waals surface area contributed by atoms with Crippen LogP contribution in [0.15, 0.2) is 12.2 Å². The van der Waals surface area contributed by atoms with Crippen molar-refractivity contribution >= 4 is 0 Å². The van der Waals surface area contributed by atoms with E-state index >= 15 is 0 Å². The summed E-state index contributed by atoms with van der Waals surface area (Å²) < 4.78 is 0. The Morgan fingerprint density at radius 2 is 2.00 bits per heavy atom. The third-order valence-corrected chi connectivity index (χ3v) is 1.69. The number of rotatable bonds is 5. The molecule has 2 nitrogen and oxygen atoms in total. The van der Waals surface area contributed by atoms with Gasteiger partial charge in [0.05, 0.1) is 5.60 Å². The number of hydrogen-bond donors (Lipinski definition) is 2. The Labute approximate surface area is 74.9 Å². The smallest absolute Gasteiger partial charge is 0.0771 e. The Morgan fingerprint density at radius 1 is 1.42 bits per heavy atom. The van der Waals surface area contributed by atoms with E-state index < -0.39 is 5.60 Å². The predicted octanol–water partition coefficient (Wildman–Crippen LogP) is 1.72. The molecular formula is C10H20O2. The van der Waals surface area contributed by atoms with Crippen LogP contribution >= 0.6 is 0 Å². The van der Waals surface area contributed by atoms with Crippen LogP contribution in [0.25, 0.3) is 0 Å². The summed E-state index contributed by atoms with van der Waals surface area (Å²) in [4.78, 5) is 0. The molecule has 0 radical (unpaired) electrons. The summed E-state index contributed by atoms with van der Waals surface area (Å²) >= 11 is 0. The number of aliphatic hydroxyl groups is 2. The SMILES string of the molecule is C[C@@H](C/C=C/C(C)(C)O)CCO. The highest BCUT2D eigenvalue weighted by atomic mass is 16.3. The zero-order chi connectivity index (χ0) is 9.61. The van der Waals surface area contributed by atoms with Crippen LogP contribution in [0.5, 0.6) is 0 Å². The van der Waals surface area contributed by atoms with Crippen LogP contribution in [0.4, 0.5) is 0 Å². The van der Waals surface area contributed by atoms with Crippen LogP contribution in [0.2, 0.25) is 0 Å². The molecule has 12 heavy (non-hydrogen) atoms. The second kappa shape index (κ2) is 5.33. The van der Waals surface area contributed by atoms with Gasteiger partial charge in [-0.15, -0.1) is 0 Å². The molecule has 0 aliphatic rings. The van der Waals surface area contributed by atoms with E-state index in [9.17, 15) is 5.11 Å². The molecule has 0 aliphatic heterocycles. The first-order valence-corrected chi connectivity index (χ1v) is 4.46. The molecule has 0 aromatic carbocycles. The van der Waals surface area contributed by atoms with Gasteiger partial charge >= 0.3 is 0 Å². The quantitative estimate of drug-likeness (QED) is 0.620. The fourth-order valence-electron chi connectivity index (χ4n) is 0.927. The second-order valence-electron chi connectivity index (χ2n) is 3.91. The zero-order valence-corrected chi connectivity index (χ0v) is 8.25. The molecule has 0 aromatic rings. The van der Waals surface area contributed by atoms with E-state index in [1.54, 1.807) is 19.9 Å². The Kier molecular flexibility index (Phi) is 5.18. The van der Waals surface area contributed by atoms with Crippen molar-refractivity contribution in [1.82, 2.24) is 0 Å². The Morgan fingerprint density at radius 3 is 2.42 bits per heavy atom. The standard InChI is InChI=1S/C10H20O2/c1-9(6-8-11)5-4-7-10(2,3)12/h4,7,9,11-12H,5-6,8H2,1-3H3/b7-4+/t9-/m0/s1. The summed E-state index contributed by atoms with van der Waals surface area (Å²) in [5, 5.41) is 17.9. The van der Waals surface area contributed by atoms with Gasteiger partial charge in [0.1, 0.15) is 0 Å². The molecule has 0 aliphatic carbocycles. The molecule has 0 saturated carbocycles. The van der Waals surface area contributed by atoms with E-state index in [0.717, 1.165) is 12.8 Å². The lowest BCUT2D eigenvalue weighted by atomic mass is 10.0. The summed E-state index contributed by atoms with van der Waals surface area (Å²) in [7, 11) is 0. The van der Waals surface area contributed by atoms with Crippen LogP contribution in [0.1, 0.15) is 33.6 Å². The van der Waals surface area contributed by atoms with Crippen molar-refractivity contribution in [2.75, 3.05) is 6.61 Å². The predicted molar refractivity (Wildman–Crippen MR) is 50.9 cm³/mol. The van der Waals surface area contributed by atoms with Crippen molar-refractivity contribution in [3.05, 3.63) is 12.2 Å². The fraction of sp³-hybridized carbons (Fsp3) is 0.800. The van der Waals surface area contributed by atoms with Gasteiger partial charge in [0.25, 0.3) is 0 Å². The molecule has 0 unspecified atom stereocenters. The van der Waals surface area contributed by atoms with E-state index in [-0.39, 0.29) is 6.61 Å². The molecule has 0 saturated heterocycles. The normalized spacial score (nSPS) is 15.4. The molecular weight excluding hydrogens is 152 g/mol. The lowest BCUT2D eigenvalue weighted by molar-refractivity contribution is 0.132. The zero-order valence-electron chi connectivity index (χ0n) is 8.25. The van der Waals surface area contributed by atoms with Gasteiger partial charge in [0.15, 0.2) is 0 Å². The summed E-state index contributed by atoms with van der Waals surface area (Å²) in [6, 6.07) is 0. The fourth-order valence-corrected chi connectivity index (χ4v) is 0.927. The van der Waals surface area contributed by atoms with Crippen LogP contribution in [0, 0.1) is 5.92 Å². The molecule has 0 fully saturated rings. The molecule has 0 heterocycles. The number of aliphatic hydroxyl groups excluding tert-OH is 1. The van der Waals surface area contributed by atoms with E-state index in [2.05, 4.69) is 6.92 Å². The van der Waals surface area contributed by atoms with Crippen molar-refractivity contribution in [3.63, 3.8) is 0 Å². The van der Waals surface area contributed by atoms with Crippen molar-refractivity contribution in [3.8, 4) is 0 Å². The molecule has 0 bridgehead atoms. The first-order chi connectivity index (χ1) is 5.45. The van der Waals surface area contributed by atoms with E-state index in [4.69, 9.17) is 5.11 Å². The Bertz CT molecular complexity index is 133. The molecule has 2 N–H and O–H groups in total. The molecule has 2 heteroatoms. The van der Waals surface area contributed by atoms with Gasteiger partial charge in [-0.3, -0.25) is 0 Å². The van der Waals surface area contributed by atoms with Crippen LogP contribution in [-0.4, -0.2) is 22.4 Å². The minimum absolute atomic E-state index is 0.248. The molecule has 0 aromatic heterocycles. The van der Waals surface area contributed by atoms with Crippen molar-refractivity contribution < 1.29 is 10.2 Å². The average molecular weight is 172 g/mol. The number of hydrogen-bond acceptors (Lipinski definition) is 2. The molecule has 0 rings (SSSR count). The number of allylic oxidation sites excluding steroid dienone is 1. The van der Waals surface area contributed by atoms with Gasteiger partial charge in [0, 0.05) is 6.61 Å². The molecule has 1 atom stereocenters. The third kappa shape index (κ3) is 7.76. The monoisotopic (exact) mass is 172 g/mol. The Hall–Kier alpha value is -0.340. The first-order valence-electron chi connectivity index (χ1n) is 4.46. The summed E-state index contributed by atoms with van der Waals surface area (Å²) in [5.41, 5.74) is -0.709.